The average Bonchev–Trinajstić information content (AvgIpc) is 2.56. The van der Waals surface area contributed by atoms with E-state index in [4.69, 9.17) is 34.5 Å². The second-order valence-corrected chi connectivity index (χ2v) is 6.78. The van der Waals surface area contributed by atoms with Crippen LogP contribution in [-0.2, 0) is 0 Å². The number of ketones is 1. The molecule has 1 atom stereocenters. The molecule has 0 fully saturated rings. The number of aryl methyl sites for hydroxylation is 1. The van der Waals surface area contributed by atoms with Crippen molar-refractivity contribution in [3.8, 4) is 5.75 Å². The van der Waals surface area contributed by atoms with Crippen molar-refractivity contribution in [3.05, 3.63) is 75.1 Å². The van der Waals surface area contributed by atoms with Gasteiger partial charge >= 0.3 is 0 Å². The maximum atomic E-state index is 12.4. The quantitative estimate of drug-likeness (QED) is 0.492. The van der Waals surface area contributed by atoms with Crippen LogP contribution in [-0.4, -0.2) is 17.9 Å². The van der Waals surface area contributed by atoms with Gasteiger partial charge in [0.15, 0.2) is 12.4 Å². The Labute approximate surface area is 152 Å². The second-order valence-electron chi connectivity index (χ2n) is 5.94. The summed E-state index contributed by atoms with van der Waals surface area (Å²) in [5.74, 6) is 0.316. The third kappa shape index (κ3) is 4.74. The normalized spacial score (nSPS) is 13.0. The van der Waals surface area contributed by atoms with Crippen LogP contribution in [0.5, 0.6) is 5.75 Å². The third-order valence-corrected chi connectivity index (χ3v) is 4.16. The summed E-state index contributed by atoms with van der Waals surface area (Å²) < 4.78 is 5.65. The molecule has 0 aliphatic carbocycles. The number of Topliss-reactive ketones (excluding diaryl/α,β-unsaturated/α-hetero) is 1. The van der Waals surface area contributed by atoms with Gasteiger partial charge in [-0.05, 0) is 19.1 Å². The summed E-state index contributed by atoms with van der Waals surface area (Å²) in [6.07, 6.45) is 0.0672. The summed E-state index contributed by atoms with van der Waals surface area (Å²) in [7, 11) is 0. The topological polar surface area (TPSA) is 30.7 Å². The summed E-state index contributed by atoms with van der Waals surface area (Å²) in [5, 5.41) is 0.909. The minimum Gasteiger partial charge on any atom is -0.484 e. The van der Waals surface area contributed by atoms with E-state index in [2.05, 4.69) is 4.85 Å². The summed E-state index contributed by atoms with van der Waals surface area (Å²) in [6.45, 7) is 11.1. The fourth-order valence-corrected chi connectivity index (χ4v) is 2.47. The first kappa shape index (κ1) is 18.3. The molecule has 0 bridgehead atoms. The number of benzene rings is 2. The molecule has 0 aliphatic rings. The molecular formula is C19H17Cl2NO2. The van der Waals surface area contributed by atoms with Crippen LogP contribution in [0.2, 0.25) is 10.0 Å². The zero-order chi connectivity index (χ0) is 17.7. The Morgan fingerprint density at radius 1 is 1.21 bits per heavy atom. The van der Waals surface area contributed by atoms with Crippen LogP contribution in [0, 0.1) is 13.5 Å². The van der Waals surface area contributed by atoms with Crippen molar-refractivity contribution in [2.45, 2.75) is 25.8 Å². The minimum atomic E-state index is -0.979. The molecule has 5 heteroatoms. The highest BCUT2D eigenvalue weighted by molar-refractivity contribution is 6.34. The molecule has 0 saturated heterocycles. The molecule has 2 aromatic carbocycles. The van der Waals surface area contributed by atoms with Gasteiger partial charge in [0.05, 0.1) is 11.4 Å². The highest BCUT2D eigenvalue weighted by Gasteiger charge is 2.35. The van der Waals surface area contributed by atoms with Crippen LogP contribution < -0.4 is 4.74 Å². The third-order valence-electron chi connectivity index (χ3n) is 3.62. The predicted molar refractivity (Wildman–Crippen MR) is 97.1 cm³/mol. The van der Waals surface area contributed by atoms with E-state index in [1.165, 1.54) is 0 Å². The Morgan fingerprint density at radius 2 is 1.88 bits per heavy atom. The van der Waals surface area contributed by atoms with Crippen LogP contribution in [0.3, 0.4) is 0 Å². The van der Waals surface area contributed by atoms with Crippen LogP contribution in [0.4, 0.5) is 0 Å². The second kappa shape index (κ2) is 7.70. The van der Waals surface area contributed by atoms with Crippen LogP contribution in [0.1, 0.15) is 29.3 Å². The highest BCUT2D eigenvalue weighted by atomic mass is 35.5. The molecular weight excluding hydrogens is 345 g/mol. The Morgan fingerprint density at radius 3 is 2.50 bits per heavy atom. The average molecular weight is 362 g/mol. The number of halogens is 2. The van der Waals surface area contributed by atoms with Gasteiger partial charge in [-0.3, -0.25) is 4.79 Å². The van der Waals surface area contributed by atoms with Gasteiger partial charge in [-0.1, -0.05) is 53.0 Å². The van der Waals surface area contributed by atoms with Gasteiger partial charge < -0.3 is 9.58 Å². The zero-order valence-electron chi connectivity index (χ0n) is 13.5. The number of carbonyl (C=O) groups is 1. The first-order chi connectivity index (χ1) is 11.3. The zero-order valence-corrected chi connectivity index (χ0v) is 15.0. The van der Waals surface area contributed by atoms with Gasteiger partial charge in [0.1, 0.15) is 5.75 Å². The number of hydrogen-bond acceptors (Lipinski definition) is 2. The lowest BCUT2D eigenvalue weighted by Gasteiger charge is -2.18. The van der Waals surface area contributed by atoms with E-state index < -0.39 is 5.54 Å². The van der Waals surface area contributed by atoms with E-state index >= 15 is 0 Å². The fourth-order valence-electron chi connectivity index (χ4n) is 2.13. The van der Waals surface area contributed by atoms with E-state index in [0.29, 0.717) is 21.4 Å². The van der Waals surface area contributed by atoms with E-state index in [1.807, 2.05) is 19.1 Å². The molecule has 3 nitrogen and oxygen atoms in total. The summed E-state index contributed by atoms with van der Waals surface area (Å²) in [5.41, 5.74) is 0.697. The van der Waals surface area contributed by atoms with Crippen LogP contribution >= 0.6 is 23.2 Å². The number of hydrogen-bond donors (Lipinski definition) is 0. The maximum Gasteiger partial charge on any atom is 0.270 e. The molecule has 2 aromatic rings. The lowest BCUT2D eigenvalue weighted by molar-refractivity contribution is 0.0948. The summed E-state index contributed by atoms with van der Waals surface area (Å²) >= 11 is 12.0. The van der Waals surface area contributed by atoms with E-state index in [1.54, 1.807) is 37.3 Å². The van der Waals surface area contributed by atoms with Gasteiger partial charge in [0.2, 0.25) is 0 Å². The van der Waals surface area contributed by atoms with Crippen molar-refractivity contribution in [1.82, 2.24) is 0 Å². The molecule has 0 radical (unpaired) electrons. The Hall–Kier alpha value is -2.02. The Bertz CT molecular complexity index is 781. The molecule has 0 aliphatic heterocycles. The standard InChI is InChI=1S/C19H17Cl2NO2/c1-13-4-6-14(7-5-13)17(23)11-19(2,22-3)12-24-18-10-15(20)8-9-16(18)21/h4-10H,11-12H2,1-2H3. The summed E-state index contributed by atoms with van der Waals surface area (Å²) in [6, 6.07) is 12.2. The van der Waals surface area contributed by atoms with Crippen molar-refractivity contribution in [1.29, 1.82) is 0 Å². The van der Waals surface area contributed by atoms with Gasteiger partial charge in [0.25, 0.3) is 5.54 Å². The number of rotatable bonds is 6. The molecule has 0 spiro atoms. The van der Waals surface area contributed by atoms with E-state index in [-0.39, 0.29) is 18.8 Å². The number of nitrogens with zero attached hydrogens (tertiary/aromatic N) is 1. The van der Waals surface area contributed by atoms with Gasteiger partial charge in [-0.15, -0.1) is 0 Å². The lowest BCUT2D eigenvalue weighted by Crippen LogP contribution is -2.32. The van der Waals surface area contributed by atoms with E-state index in [9.17, 15) is 4.79 Å². The predicted octanol–water partition coefficient (Wildman–Crippen LogP) is 5.63. The largest absolute Gasteiger partial charge is 0.484 e. The molecule has 1 unspecified atom stereocenters. The molecule has 24 heavy (non-hydrogen) atoms. The minimum absolute atomic E-state index is 0.0498. The monoisotopic (exact) mass is 361 g/mol. The first-order valence-corrected chi connectivity index (χ1v) is 8.15. The fraction of sp³-hybridized carbons (Fsp3) is 0.263. The Balaban J connectivity index is 2.08. The molecule has 124 valence electrons. The van der Waals surface area contributed by atoms with Crippen LogP contribution in [0.15, 0.2) is 42.5 Å². The Kier molecular flexibility index (Phi) is 5.88. The number of carbonyl (C=O) groups excluding carboxylic acids is 1. The van der Waals surface area contributed by atoms with Crippen molar-refractivity contribution >= 4 is 29.0 Å². The van der Waals surface area contributed by atoms with Crippen molar-refractivity contribution < 1.29 is 9.53 Å². The summed E-state index contributed by atoms with van der Waals surface area (Å²) in [4.78, 5) is 16.0. The highest BCUT2D eigenvalue weighted by Crippen LogP contribution is 2.29. The smallest absolute Gasteiger partial charge is 0.270 e. The SMILES string of the molecule is [C-]#[N+]C(C)(COc1cc(Cl)ccc1Cl)CC(=O)c1ccc(C)cc1. The molecule has 0 N–H and O–H groups in total. The molecule has 0 saturated carbocycles. The van der Waals surface area contributed by atoms with Gasteiger partial charge in [0, 0.05) is 23.6 Å². The first-order valence-electron chi connectivity index (χ1n) is 7.39. The molecule has 2 rings (SSSR count). The van der Waals surface area contributed by atoms with Gasteiger partial charge in [-0.2, -0.15) is 0 Å². The number of ether oxygens (including phenoxy) is 1. The molecule has 0 amide bonds. The molecule has 0 heterocycles. The lowest BCUT2D eigenvalue weighted by atomic mass is 9.93. The van der Waals surface area contributed by atoms with Crippen molar-refractivity contribution in [2.24, 2.45) is 0 Å². The molecule has 0 aromatic heterocycles. The van der Waals surface area contributed by atoms with Crippen molar-refractivity contribution in [3.63, 3.8) is 0 Å². The van der Waals surface area contributed by atoms with Gasteiger partial charge in [-0.25, -0.2) is 6.57 Å². The van der Waals surface area contributed by atoms with Crippen molar-refractivity contribution in [2.75, 3.05) is 6.61 Å². The van der Waals surface area contributed by atoms with E-state index in [0.717, 1.165) is 5.56 Å². The maximum absolute atomic E-state index is 12.4. The van der Waals surface area contributed by atoms with Crippen LogP contribution in [0.25, 0.3) is 4.85 Å².